The normalized spacial score (nSPS) is 18.0. The van der Waals surface area contributed by atoms with Crippen molar-refractivity contribution in [1.82, 2.24) is 5.32 Å². The fourth-order valence-corrected chi connectivity index (χ4v) is 3.16. The second-order valence-electron chi connectivity index (χ2n) is 5.39. The largest absolute Gasteiger partial charge is 0.398 e. The molecule has 0 bridgehead atoms. The van der Waals surface area contributed by atoms with Crippen LogP contribution in [0, 0.1) is 5.92 Å². The average Bonchev–Trinajstić information content (AvgIpc) is 2.39. The maximum absolute atomic E-state index is 12.2. The van der Waals surface area contributed by atoms with Crippen LogP contribution < -0.4 is 11.1 Å². The Morgan fingerprint density at radius 2 is 2.05 bits per heavy atom. The summed E-state index contributed by atoms with van der Waals surface area (Å²) in [5.74, 6) is 0.539. The van der Waals surface area contributed by atoms with Crippen molar-refractivity contribution in [2.24, 2.45) is 5.92 Å². The fraction of sp³-hybridized carbons (Fsp3) is 0.533. The number of nitrogens with two attached hydrogens (primary N) is 1. The Hall–Kier alpha value is -1.03. The van der Waals surface area contributed by atoms with Crippen molar-refractivity contribution in [3.63, 3.8) is 0 Å². The molecule has 3 nitrogen and oxygen atoms in total. The molecular weight excluding hydrogens is 304 g/mol. The van der Waals surface area contributed by atoms with Crippen molar-refractivity contribution in [1.29, 1.82) is 0 Å². The minimum atomic E-state index is -0.0666. The topological polar surface area (TPSA) is 55.1 Å². The number of amides is 1. The highest BCUT2D eigenvalue weighted by Gasteiger charge is 2.22. The van der Waals surface area contributed by atoms with Crippen LogP contribution in [0.2, 0.25) is 0 Å². The van der Waals surface area contributed by atoms with Crippen LogP contribution in [0.3, 0.4) is 0 Å². The Morgan fingerprint density at radius 1 is 1.37 bits per heavy atom. The van der Waals surface area contributed by atoms with Gasteiger partial charge < -0.3 is 11.1 Å². The van der Waals surface area contributed by atoms with Crippen LogP contribution >= 0.6 is 15.9 Å². The SMILES string of the molecule is C[C@H](NC(=O)c1ccc(Br)cc1N)C1CCCCC1. The summed E-state index contributed by atoms with van der Waals surface area (Å²) >= 11 is 3.35. The van der Waals surface area contributed by atoms with Crippen LogP contribution in [0.25, 0.3) is 0 Å². The van der Waals surface area contributed by atoms with Gasteiger partial charge in [-0.25, -0.2) is 0 Å². The summed E-state index contributed by atoms with van der Waals surface area (Å²) in [6, 6.07) is 5.59. The Morgan fingerprint density at radius 3 is 2.68 bits per heavy atom. The first-order valence-electron chi connectivity index (χ1n) is 6.94. The molecule has 0 aromatic heterocycles. The Balaban J connectivity index is 1.99. The van der Waals surface area contributed by atoms with E-state index in [1.807, 2.05) is 6.07 Å². The smallest absolute Gasteiger partial charge is 0.253 e. The lowest BCUT2D eigenvalue weighted by Crippen LogP contribution is -2.39. The Labute approximate surface area is 123 Å². The summed E-state index contributed by atoms with van der Waals surface area (Å²) in [5.41, 5.74) is 6.96. The third kappa shape index (κ3) is 3.72. The van der Waals surface area contributed by atoms with Crippen molar-refractivity contribution in [2.45, 2.75) is 45.1 Å². The third-order valence-electron chi connectivity index (χ3n) is 3.97. The van der Waals surface area contributed by atoms with Crippen molar-refractivity contribution in [2.75, 3.05) is 5.73 Å². The summed E-state index contributed by atoms with van der Waals surface area (Å²) in [5, 5.41) is 3.09. The highest BCUT2D eigenvalue weighted by Crippen LogP contribution is 2.26. The van der Waals surface area contributed by atoms with Crippen LogP contribution in [0.5, 0.6) is 0 Å². The molecule has 4 heteroatoms. The van der Waals surface area contributed by atoms with E-state index in [1.165, 1.54) is 32.1 Å². The zero-order valence-corrected chi connectivity index (χ0v) is 12.9. The first kappa shape index (κ1) is 14.4. The number of carbonyl (C=O) groups is 1. The van der Waals surface area contributed by atoms with Crippen LogP contribution in [0.1, 0.15) is 49.4 Å². The quantitative estimate of drug-likeness (QED) is 0.832. The van der Waals surface area contributed by atoms with Gasteiger partial charge in [0, 0.05) is 16.2 Å². The molecule has 3 N–H and O–H groups in total. The molecule has 104 valence electrons. The van der Waals surface area contributed by atoms with Gasteiger partial charge in [0.15, 0.2) is 0 Å². The second-order valence-corrected chi connectivity index (χ2v) is 6.31. The van der Waals surface area contributed by atoms with Crippen LogP contribution in [0.4, 0.5) is 5.69 Å². The number of rotatable bonds is 3. The van der Waals surface area contributed by atoms with Gasteiger partial charge in [0.25, 0.3) is 5.91 Å². The highest BCUT2D eigenvalue weighted by atomic mass is 79.9. The molecule has 1 saturated carbocycles. The zero-order chi connectivity index (χ0) is 13.8. The molecule has 1 aliphatic rings. The van der Waals surface area contributed by atoms with E-state index >= 15 is 0 Å². The lowest BCUT2D eigenvalue weighted by molar-refractivity contribution is 0.0920. The van der Waals surface area contributed by atoms with E-state index in [4.69, 9.17) is 5.73 Å². The van der Waals surface area contributed by atoms with Gasteiger partial charge in [0.2, 0.25) is 0 Å². The number of nitrogens with one attached hydrogen (secondary N) is 1. The first-order valence-corrected chi connectivity index (χ1v) is 7.73. The van der Waals surface area contributed by atoms with Gasteiger partial charge in [-0.1, -0.05) is 35.2 Å². The number of nitrogen functional groups attached to an aromatic ring is 1. The number of hydrogen-bond donors (Lipinski definition) is 2. The van der Waals surface area contributed by atoms with Gasteiger partial charge in [0.1, 0.15) is 0 Å². The zero-order valence-electron chi connectivity index (χ0n) is 11.3. The molecule has 19 heavy (non-hydrogen) atoms. The van der Waals surface area contributed by atoms with Gasteiger partial charge in [-0.15, -0.1) is 0 Å². The molecule has 0 saturated heterocycles. The van der Waals surface area contributed by atoms with E-state index in [0.29, 0.717) is 17.2 Å². The van der Waals surface area contributed by atoms with E-state index in [2.05, 4.69) is 28.2 Å². The molecule has 1 aromatic rings. The molecule has 1 fully saturated rings. The molecule has 2 rings (SSSR count). The lowest BCUT2D eigenvalue weighted by atomic mass is 9.84. The fourth-order valence-electron chi connectivity index (χ4n) is 2.78. The Bertz CT molecular complexity index is 455. The molecule has 0 aliphatic heterocycles. The summed E-state index contributed by atoms with van der Waals surface area (Å²) in [4.78, 5) is 12.2. The summed E-state index contributed by atoms with van der Waals surface area (Å²) in [6.45, 7) is 2.10. The molecule has 0 spiro atoms. The first-order chi connectivity index (χ1) is 9.08. The van der Waals surface area contributed by atoms with Crippen molar-refractivity contribution >= 4 is 27.5 Å². The predicted octanol–water partition coefficient (Wildman–Crippen LogP) is 3.73. The maximum Gasteiger partial charge on any atom is 0.253 e. The van der Waals surface area contributed by atoms with Crippen molar-refractivity contribution in [3.8, 4) is 0 Å². The molecular formula is C15H21BrN2O. The predicted molar refractivity (Wildman–Crippen MR) is 82.1 cm³/mol. The van der Waals surface area contributed by atoms with E-state index in [9.17, 15) is 4.79 Å². The minimum Gasteiger partial charge on any atom is -0.398 e. The van der Waals surface area contributed by atoms with E-state index < -0.39 is 0 Å². The molecule has 0 heterocycles. The van der Waals surface area contributed by atoms with Gasteiger partial charge in [-0.3, -0.25) is 4.79 Å². The van der Waals surface area contributed by atoms with E-state index in [1.54, 1.807) is 12.1 Å². The second kappa shape index (κ2) is 6.42. The molecule has 1 atom stereocenters. The number of anilines is 1. The molecule has 1 aliphatic carbocycles. The van der Waals surface area contributed by atoms with Crippen molar-refractivity contribution < 1.29 is 4.79 Å². The average molecular weight is 325 g/mol. The summed E-state index contributed by atoms with van der Waals surface area (Å²) in [7, 11) is 0. The van der Waals surface area contributed by atoms with Gasteiger partial charge >= 0.3 is 0 Å². The van der Waals surface area contributed by atoms with Gasteiger partial charge in [0.05, 0.1) is 5.56 Å². The molecule has 0 unspecified atom stereocenters. The number of benzene rings is 1. The summed E-state index contributed by atoms with van der Waals surface area (Å²) < 4.78 is 0.891. The lowest BCUT2D eigenvalue weighted by Gasteiger charge is -2.28. The third-order valence-corrected chi connectivity index (χ3v) is 4.47. The van der Waals surface area contributed by atoms with Crippen LogP contribution in [-0.4, -0.2) is 11.9 Å². The number of halogens is 1. The molecule has 0 radical (unpaired) electrons. The van der Waals surface area contributed by atoms with E-state index in [0.717, 1.165) is 4.47 Å². The maximum atomic E-state index is 12.2. The number of hydrogen-bond acceptors (Lipinski definition) is 2. The highest BCUT2D eigenvalue weighted by molar-refractivity contribution is 9.10. The standard InChI is InChI=1S/C15H21BrN2O/c1-10(11-5-3-2-4-6-11)18-15(19)13-8-7-12(16)9-14(13)17/h7-11H,2-6,17H2,1H3,(H,18,19)/t10-/m0/s1. The molecule has 1 aromatic carbocycles. The molecule has 1 amide bonds. The summed E-state index contributed by atoms with van der Waals surface area (Å²) in [6.07, 6.45) is 6.34. The monoisotopic (exact) mass is 324 g/mol. The minimum absolute atomic E-state index is 0.0666. The van der Waals surface area contributed by atoms with E-state index in [-0.39, 0.29) is 11.9 Å². The van der Waals surface area contributed by atoms with Gasteiger partial charge in [-0.05, 0) is 43.9 Å². The van der Waals surface area contributed by atoms with Gasteiger partial charge in [-0.2, -0.15) is 0 Å². The van der Waals surface area contributed by atoms with Crippen LogP contribution in [0.15, 0.2) is 22.7 Å². The van der Waals surface area contributed by atoms with Crippen LogP contribution in [-0.2, 0) is 0 Å². The number of carbonyl (C=O) groups excluding carboxylic acids is 1. The Kier molecular flexibility index (Phi) is 4.86. The van der Waals surface area contributed by atoms with Crippen molar-refractivity contribution in [3.05, 3.63) is 28.2 Å².